The van der Waals surface area contributed by atoms with Crippen LogP contribution in [-0.4, -0.2) is 12.0 Å². The summed E-state index contributed by atoms with van der Waals surface area (Å²) in [5, 5.41) is 9.86. The molecule has 0 amide bonds. The van der Waals surface area contributed by atoms with E-state index in [-0.39, 0.29) is 5.96 Å². The van der Waals surface area contributed by atoms with Crippen molar-refractivity contribution in [3.8, 4) is 0 Å². The standard InChI is InChI=1S/C7H17N3/c1-3-5-6(4-2)10-7(8)9/h6H,3-5H2,1-2H3,(H4,8,9,10). The molecule has 1 atom stereocenters. The monoisotopic (exact) mass is 143 g/mol. The Morgan fingerprint density at radius 3 is 2.50 bits per heavy atom. The number of nitrogens with two attached hydrogens (primary N) is 1. The molecular formula is C7H17N3. The third-order valence-electron chi connectivity index (χ3n) is 1.49. The Morgan fingerprint density at radius 1 is 1.60 bits per heavy atom. The van der Waals surface area contributed by atoms with Crippen molar-refractivity contribution < 1.29 is 0 Å². The first-order valence-electron chi connectivity index (χ1n) is 3.81. The van der Waals surface area contributed by atoms with Crippen molar-refractivity contribution in [2.45, 2.75) is 39.2 Å². The van der Waals surface area contributed by atoms with Crippen molar-refractivity contribution in [1.29, 1.82) is 5.41 Å². The van der Waals surface area contributed by atoms with Gasteiger partial charge in [-0.2, -0.15) is 0 Å². The minimum absolute atomic E-state index is 0.0836. The topological polar surface area (TPSA) is 61.9 Å². The van der Waals surface area contributed by atoms with Gasteiger partial charge in [0.2, 0.25) is 0 Å². The summed E-state index contributed by atoms with van der Waals surface area (Å²) in [7, 11) is 0. The summed E-state index contributed by atoms with van der Waals surface area (Å²) in [5.74, 6) is 0.0836. The molecule has 0 saturated carbocycles. The SMILES string of the molecule is CCCC(CC)NC(=N)N. The highest BCUT2D eigenvalue weighted by atomic mass is 15.1. The molecule has 3 nitrogen and oxygen atoms in total. The molecule has 0 radical (unpaired) electrons. The van der Waals surface area contributed by atoms with Crippen LogP contribution in [0.25, 0.3) is 0 Å². The highest BCUT2D eigenvalue weighted by Crippen LogP contribution is 1.99. The van der Waals surface area contributed by atoms with Gasteiger partial charge < -0.3 is 11.1 Å². The normalized spacial score (nSPS) is 12.6. The Morgan fingerprint density at radius 2 is 2.20 bits per heavy atom. The Balaban J connectivity index is 3.49. The number of guanidine groups is 1. The lowest BCUT2D eigenvalue weighted by Gasteiger charge is -2.14. The van der Waals surface area contributed by atoms with E-state index in [4.69, 9.17) is 11.1 Å². The maximum Gasteiger partial charge on any atom is 0.185 e. The molecular weight excluding hydrogens is 126 g/mol. The zero-order valence-electron chi connectivity index (χ0n) is 6.78. The van der Waals surface area contributed by atoms with E-state index in [1.54, 1.807) is 0 Å². The predicted octanol–water partition coefficient (Wildman–Crippen LogP) is 1.05. The summed E-state index contributed by atoms with van der Waals surface area (Å²) in [6.07, 6.45) is 3.27. The summed E-state index contributed by atoms with van der Waals surface area (Å²) in [6, 6.07) is 0.391. The van der Waals surface area contributed by atoms with E-state index in [0.717, 1.165) is 19.3 Å². The summed E-state index contributed by atoms with van der Waals surface area (Å²) < 4.78 is 0. The second kappa shape index (κ2) is 5.09. The van der Waals surface area contributed by atoms with Crippen LogP contribution >= 0.6 is 0 Å². The molecule has 0 aromatic heterocycles. The molecule has 0 bridgehead atoms. The molecule has 0 spiro atoms. The number of hydrogen-bond acceptors (Lipinski definition) is 1. The fourth-order valence-corrected chi connectivity index (χ4v) is 0.947. The first-order chi connectivity index (χ1) is 4.70. The van der Waals surface area contributed by atoms with Gasteiger partial charge in [0.15, 0.2) is 5.96 Å². The summed E-state index contributed by atoms with van der Waals surface area (Å²) in [5.41, 5.74) is 5.17. The maximum atomic E-state index is 6.97. The fourth-order valence-electron chi connectivity index (χ4n) is 0.947. The number of nitrogens with one attached hydrogen (secondary N) is 2. The third-order valence-corrected chi connectivity index (χ3v) is 1.49. The average molecular weight is 143 g/mol. The highest BCUT2D eigenvalue weighted by molar-refractivity contribution is 5.74. The van der Waals surface area contributed by atoms with Crippen molar-refractivity contribution in [3.63, 3.8) is 0 Å². The van der Waals surface area contributed by atoms with Gasteiger partial charge in [-0.15, -0.1) is 0 Å². The highest BCUT2D eigenvalue weighted by Gasteiger charge is 2.02. The molecule has 0 aromatic carbocycles. The first kappa shape index (κ1) is 9.27. The molecule has 4 N–H and O–H groups in total. The average Bonchev–Trinajstić information content (AvgIpc) is 1.86. The molecule has 1 unspecified atom stereocenters. The zero-order chi connectivity index (χ0) is 7.98. The van der Waals surface area contributed by atoms with Crippen LogP contribution in [0.3, 0.4) is 0 Å². The molecule has 3 heteroatoms. The van der Waals surface area contributed by atoms with E-state index in [1.807, 2.05) is 0 Å². The largest absolute Gasteiger partial charge is 0.370 e. The van der Waals surface area contributed by atoms with Crippen LogP contribution in [-0.2, 0) is 0 Å². The summed E-state index contributed by atoms with van der Waals surface area (Å²) >= 11 is 0. The molecule has 0 aliphatic heterocycles. The molecule has 0 aromatic rings. The number of rotatable bonds is 4. The summed E-state index contributed by atoms with van der Waals surface area (Å²) in [4.78, 5) is 0. The van der Waals surface area contributed by atoms with Gasteiger partial charge in [0, 0.05) is 6.04 Å². The van der Waals surface area contributed by atoms with E-state index in [9.17, 15) is 0 Å². The van der Waals surface area contributed by atoms with Gasteiger partial charge in [0.05, 0.1) is 0 Å². The van der Waals surface area contributed by atoms with Crippen LogP contribution in [0.2, 0.25) is 0 Å². The van der Waals surface area contributed by atoms with Gasteiger partial charge in [-0.25, -0.2) is 0 Å². The van der Waals surface area contributed by atoms with Gasteiger partial charge >= 0.3 is 0 Å². The lowest BCUT2D eigenvalue weighted by Crippen LogP contribution is -2.38. The first-order valence-corrected chi connectivity index (χ1v) is 3.81. The van der Waals surface area contributed by atoms with Gasteiger partial charge in [0.1, 0.15) is 0 Å². The fraction of sp³-hybridized carbons (Fsp3) is 0.857. The van der Waals surface area contributed by atoms with E-state index >= 15 is 0 Å². The quantitative estimate of drug-likeness (QED) is 0.407. The van der Waals surface area contributed by atoms with E-state index < -0.39 is 0 Å². The van der Waals surface area contributed by atoms with Crippen molar-refractivity contribution in [2.24, 2.45) is 5.73 Å². The van der Waals surface area contributed by atoms with E-state index in [0.29, 0.717) is 6.04 Å². The summed E-state index contributed by atoms with van der Waals surface area (Å²) in [6.45, 7) is 4.22. The molecule has 10 heavy (non-hydrogen) atoms. The predicted molar refractivity (Wildman–Crippen MR) is 44.0 cm³/mol. The van der Waals surface area contributed by atoms with Crippen LogP contribution in [0.4, 0.5) is 0 Å². The molecule has 0 aliphatic rings. The van der Waals surface area contributed by atoms with Gasteiger partial charge in [-0.05, 0) is 12.8 Å². The van der Waals surface area contributed by atoms with Crippen LogP contribution in [0.1, 0.15) is 33.1 Å². The zero-order valence-corrected chi connectivity index (χ0v) is 6.78. The minimum atomic E-state index is 0.0836. The van der Waals surface area contributed by atoms with Gasteiger partial charge in [-0.3, -0.25) is 5.41 Å². The third kappa shape index (κ3) is 4.18. The minimum Gasteiger partial charge on any atom is -0.370 e. The van der Waals surface area contributed by atoms with Crippen molar-refractivity contribution >= 4 is 5.96 Å². The Labute approximate surface area is 62.5 Å². The molecule has 0 fully saturated rings. The maximum absolute atomic E-state index is 6.97. The Hall–Kier alpha value is -0.730. The molecule has 0 saturated heterocycles. The smallest absolute Gasteiger partial charge is 0.185 e. The van der Waals surface area contributed by atoms with Crippen molar-refractivity contribution in [2.75, 3.05) is 0 Å². The van der Waals surface area contributed by atoms with E-state index in [1.165, 1.54) is 0 Å². The molecule has 0 rings (SSSR count). The van der Waals surface area contributed by atoms with Crippen LogP contribution in [0, 0.1) is 5.41 Å². The second-order valence-electron chi connectivity index (χ2n) is 2.45. The van der Waals surface area contributed by atoms with Crippen molar-refractivity contribution in [1.82, 2.24) is 5.32 Å². The Bertz CT molecular complexity index is 101. The van der Waals surface area contributed by atoms with Crippen molar-refractivity contribution in [3.05, 3.63) is 0 Å². The van der Waals surface area contributed by atoms with Gasteiger partial charge in [0.25, 0.3) is 0 Å². The lowest BCUT2D eigenvalue weighted by molar-refractivity contribution is 0.533. The lowest BCUT2D eigenvalue weighted by atomic mass is 10.1. The van der Waals surface area contributed by atoms with E-state index in [2.05, 4.69) is 19.2 Å². The van der Waals surface area contributed by atoms with Crippen LogP contribution in [0.5, 0.6) is 0 Å². The van der Waals surface area contributed by atoms with Gasteiger partial charge in [-0.1, -0.05) is 20.3 Å². The van der Waals surface area contributed by atoms with Crippen LogP contribution < -0.4 is 11.1 Å². The molecule has 60 valence electrons. The second-order valence-corrected chi connectivity index (χ2v) is 2.45. The number of hydrogen-bond donors (Lipinski definition) is 3. The van der Waals surface area contributed by atoms with Crippen LogP contribution in [0.15, 0.2) is 0 Å². The Kier molecular flexibility index (Phi) is 4.72. The molecule has 0 aliphatic carbocycles. The molecule has 0 heterocycles.